The first-order valence-electron chi connectivity index (χ1n) is 10.9. The molecule has 1 atom stereocenters. The van der Waals surface area contributed by atoms with Gasteiger partial charge in [0, 0.05) is 25.2 Å². The van der Waals surface area contributed by atoms with E-state index >= 15 is 0 Å². The summed E-state index contributed by atoms with van der Waals surface area (Å²) in [6, 6.07) is 22.2. The molecule has 0 aliphatic carbocycles. The average molecular weight is 480 g/mol. The number of rotatable bonds is 7. The minimum absolute atomic E-state index is 0.0425. The van der Waals surface area contributed by atoms with E-state index in [1.54, 1.807) is 4.90 Å². The maximum absolute atomic E-state index is 13.4. The molecular weight excluding hydrogens is 454 g/mol. The number of amides is 1. The number of piperazine rings is 1. The second-order valence-electron chi connectivity index (χ2n) is 8.38. The third-order valence-electron chi connectivity index (χ3n) is 5.92. The molecule has 9 heteroatoms. The zero-order valence-electron chi connectivity index (χ0n) is 18.7. The summed E-state index contributed by atoms with van der Waals surface area (Å²) in [4.78, 5) is 25.3. The molecule has 3 aromatic rings. The van der Waals surface area contributed by atoms with Gasteiger partial charge in [0.25, 0.3) is 5.69 Å². The molecule has 1 fully saturated rings. The van der Waals surface area contributed by atoms with Gasteiger partial charge in [0.15, 0.2) is 4.90 Å². The topological polar surface area (TPSA) is 101 Å². The number of para-hydroxylation sites is 1. The summed E-state index contributed by atoms with van der Waals surface area (Å²) in [5.41, 5.74) is 2.50. The van der Waals surface area contributed by atoms with Crippen molar-refractivity contribution < 1.29 is 18.1 Å². The maximum atomic E-state index is 13.4. The summed E-state index contributed by atoms with van der Waals surface area (Å²) >= 11 is 0. The summed E-state index contributed by atoms with van der Waals surface area (Å²) in [5, 5.41) is 11.5. The first-order valence-corrected chi connectivity index (χ1v) is 12.3. The van der Waals surface area contributed by atoms with Gasteiger partial charge >= 0.3 is 0 Å². The van der Waals surface area contributed by atoms with Gasteiger partial charge in [-0.1, -0.05) is 72.3 Å². The minimum atomic E-state index is -4.25. The maximum Gasteiger partial charge on any atom is 0.289 e. The lowest BCUT2D eigenvalue weighted by molar-refractivity contribution is -0.387. The van der Waals surface area contributed by atoms with Gasteiger partial charge in [0.2, 0.25) is 15.9 Å². The molecule has 1 aliphatic rings. The zero-order valence-corrected chi connectivity index (χ0v) is 19.5. The Hall–Kier alpha value is -3.56. The highest BCUT2D eigenvalue weighted by Gasteiger charge is 2.40. The molecule has 0 bridgehead atoms. The number of nitro groups is 1. The largest absolute Gasteiger partial charge is 0.333 e. The lowest BCUT2D eigenvalue weighted by atomic mass is 10.0. The van der Waals surface area contributed by atoms with Crippen molar-refractivity contribution in [3.63, 3.8) is 0 Å². The molecule has 0 aromatic heterocycles. The molecule has 1 aliphatic heterocycles. The summed E-state index contributed by atoms with van der Waals surface area (Å²) in [7, 11) is -4.25. The molecule has 1 saturated heterocycles. The predicted molar refractivity (Wildman–Crippen MR) is 128 cm³/mol. The lowest BCUT2D eigenvalue weighted by Crippen LogP contribution is -2.58. The van der Waals surface area contributed by atoms with Crippen LogP contribution in [0.1, 0.15) is 16.7 Å². The summed E-state index contributed by atoms with van der Waals surface area (Å²) in [6.45, 7) is 2.01. The number of nitrogens with zero attached hydrogens (tertiary/aromatic N) is 3. The highest BCUT2D eigenvalue weighted by molar-refractivity contribution is 7.89. The van der Waals surface area contributed by atoms with E-state index in [4.69, 9.17) is 0 Å². The van der Waals surface area contributed by atoms with Crippen LogP contribution >= 0.6 is 0 Å². The number of nitro benzene ring substituents is 1. The number of aryl methyl sites for hydroxylation is 1. The van der Waals surface area contributed by atoms with Gasteiger partial charge in [-0.3, -0.25) is 14.9 Å². The van der Waals surface area contributed by atoms with Crippen LogP contribution in [0.25, 0.3) is 0 Å². The second-order valence-corrected chi connectivity index (χ2v) is 10.3. The Morgan fingerprint density at radius 2 is 1.65 bits per heavy atom. The van der Waals surface area contributed by atoms with Crippen molar-refractivity contribution in [2.75, 3.05) is 13.1 Å². The SMILES string of the molecule is Cc1cccc(CN2C(=O)CN(S(=O)(=O)c3ccccc3[N+](=O)[O-])C[C@@H]2Cc2ccccc2)c1. The quantitative estimate of drug-likeness (QED) is 0.381. The van der Waals surface area contributed by atoms with E-state index in [9.17, 15) is 23.3 Å². The molecule has 0 radical (unpaired) electrons. The highest BCUT2D eigenvalue weighted by atomic mass is 32.2. The number of carbonyl (C=O) groups is 1. The smallest absolute Gasteiger partial charge is 0.289 e. The molecule has 0 N–H and O–H groups in total. The van der Waals surface area contributed by atoms with E-state index in [2.05, 4.69) is 0 Å². The monoisotopic (exact) mass is 479 g/mol. The normalized spacial score (nSPS) is 17.0. The second kappa shape index (κ2) is 9.74. The van der Waals surface area contributed by atoms with Gasteiger partial charge in [-0.2, -0.15) is 4.31 Å². The Balaban J connectivity index is 1.68. The Morgan fingerprint density at radius 1 is 0.971 bits per heavy atom. The molecule has 34 heavy (non-hydrogen) atoms. The van der Waals surface area contributed by atoms with Gasteiger partial charge in [-0.25, -0.2) is 8.42 Å². The van der Waals surface area contributed by atoms with Crippen molar-refractivity contribution in [2.24, 2.45) is 0 Å². The van der Waals surface area contributed by atoms with Crippen LogP contribution in [0.15, 0.2) is 83.8 Å². The third-order valence-corrected chi connectivity index (χ3v) is 7.78. The van der Waals surface area contributed by atoms with Gasteiger partial charge in [0.1, 0.15) is 0 Å². The molecule has 0 saturated carbocycles. The van der Waals surface area contributed by atoms with Crippen molar-refractivity contribution in [3.8, 4) is 0 Å². The van der Waals surface area contributed by atoms with Crippen molar-refractivity contribution in [3.05, 3.63) is 106 Å². The standard InChI is InChI=1S/C25H25N3O5S/c1-19-8-7-11-21(14-19)16-27-22(15-20-9-3-2-4-10-20)17-26(18-25(27)29)34(32,33)24-13-6-5-12-23(24)28(30)31/h2-14,22H,15-18H2,1H3/t22-/m0/s1. The number of sulfonamides is 1. The van der Waals surface area contributed by atoms with Gasteiger partial charge in [-0.15, -0.1) is 0 Å². The van der Waals surface area contributed by atoms with Crippen molar-refractivity contribution in [1.29, 1.82) is 0 Å². The molecule has 0 spiro atoms. The lowest BCUT2D eigenvalue weighted by Gasteiger charge is -2.40. The molecule has 4 rings (SSSR count). The van der Waals surface area contributed by atoms with Crippen LogP contribution in [0.2, 0.25) is 0 Å². The highest BCUT2D eigenvalue weighted by Crippen LogP contribution is 2.29. The first kappa shape index (κ1) is 23.6. The Morgan fingerprint density at radius 3 is 2.35 bits per heavy atom. The molecule has 1 amide bonds. The van der Waals surface area contributed by atoms with Crippen LogP contribution < -0.4 is 0 Å². The third kappa shape index (κ3) is 5.00. The minimum Gasteiger partial charge on any atom is -0.333 e. The molecule has 3 aromatic carbocycles. The van der Waals surface area contributed by atoms with Crippen LogP contribution in [-0.2, 0) is 27.8 Å². The number of benzene rings is 3. The number of carbonyl (C=O) groups excluding carboxylic acids is 1. The van der Waals surface area contributed by atoms with Crippen LogP contribution in [0.3, 0.4) is 0 Å². The van der Waals surface area contributed by atoms with Crippen molar-refractivity contribution in [1.82, 2.24) is 9.21 Å². The van der Waals surface area contributed by atoms with Gasteiger partial charge in [-0.05, 0) is 30.5 Å². The van der Waals surface area contributed by atoms with E-state index in [-0.39, 0.29) is 19.0 Å². The Labute approximate surface area is 198 Å². The molecule has 8 nitrogen and oxygen atoms in total. The Kier molecular flexibility index (Phi) is 6.76. The molecule has 0 unspecified atom stereocenters. The van der Waals surface area contributed by atoms with Crippen LogP contribution in [-0.4, -0.2) is 47.6 Å². The fraction of sp³-hybridized carbons (Fsp3) is 0.240. The van der Waals surface area contributed by atoms with E-state index in [1.165, 1.54) is 18.2 Å². The van der Waals surface area contributed by atoms with Gasteiger partial charge in [0.05, 0.1) is 11.5 Å². The number of hydrogen-bond acceptors (Lipinski definition) is 5. The van der Waals surface area contributed by atoms with Crippen LogP contribution in [0, 0.1) is 17.0 Å². The van der Waals surface area contributed by atoms with Crippen molar-refractivity contribution >= 4 is 21.6 Å². The van der Waals surface area contributed by atoms with Crippen LogP contribution in [0.4, 0.5) is 5.69 Å². The molecule has 176 valence electrons. The molecule has 1 heterocycles. The summed E-state index contributed by atoms with van der Waals surface area (Å²) < 4.78 is 27.9. The van der Waals surface area contributed by atoms with Gasteiger partial charge < -0.3 is 4.90 Å². The predicted octanol–water partition coefficient (Wildman–Crippen LogP) is 3.55. The zero-order chi connectivity index (χ0) is 24.3. The number of hydrogen-bond donors (Lipinski definition) is 0. The molecular formula is C25H25N3O5S. The van der Waals surface area contributed by atoms with E-state index in [0.717, 1.165) is 27.1 Å². The fourth-order valence-corrected chi connectivity index (χ4v) is 5.86. The van der Waals surface area contributed by atoms with E-state index < -0.39 is 31.6 Å². The fourth-order valence-electron chi connectivity index (χ4n) is 4.28. The van der Waals surface area contributed by atoms with E-state index in [0.29, 0.717) is 13.0 Å². The average Bonchev–Trinajstić information content (AvgIpc) is 2.81. The van der Waals surface area contributed by atoms with E-state index in [1.807, 2.05) is 61.5 Å². The van der Waals surface area contributed by atoms with Crippen LogP contribution in [0.5, 0.6) is 0 Å². The Bertz CT molecular complexity index is 1310. The summed E-state index contributed by atoms with van der Waals surface area (Å²) in [5.74, 6) is -0.337. The first-order chi connectivity index (χ1) is 16.3. The summed E-state index contributed by atoms with van der Waals surface area (Å²) in [6.07, 6.45) is 0.460. The van der Waals surface area contributed by atoms with Crippen molar-refractivity contribution in [2.45, 2.75) is 30.8 Å².